The van der Waals surface area contributed by atoms with Crippen molar-refractivity contribution >= 4 is 9.42 Å². The number of rotatable bonds is 0. The van der Waals surface area contributed by atoms with Gasteiger partial charge in [-0.2, -0.15) is 0 Å². The molecule has 2 heteroatoms. The summed E-state index contributed by atoms with van der Waals surface area (Å²) >= 11 is 1.61. The summed E-state index contributed by atoms with van der Waals surface area (Å²) in [6, 6.07) is 0. The molecule has 0 atom stereocenters. The van der Waals surface area contributed by atoms with E-state index in [1.807, 2.05) is 0 Å². The topological polar surface area (TPSA) is 0 Å². The van der Waals surface area contributed by atoms with Crippen LogP contribution in [-0.2, 0) is 18.8 Å². The Morgan fingerprint density at radius 2 is 1.30 bits per heavy atom. The predicted octanol–water partition coefficient (Wildman–Crippen LogP) is 3.36. The molecule has 0 fully saturated rings. The van der Waals surface area contributed by atoms with Crippen LogP contribution in [0.2, 0.25) is 0 Å². The molecule has 0 amide bonds. The van der Waals surface area contributed by atoms with Gasteiger partial charge in [0.15, 0.2) is 0 Å². The van der Waals surface area contributed by atoms with Gasteiger partial charge in [0.05, 0.1) is 0 Å². The van der Waals surface area contributed by atoms with E-state index < -0.39 is 0 Å². The number of halogens is 1. The van der Waals surface area contributed by atoms with Gasteiger partial charge in [0.2, 0.25) is 0 Å². The Morgan fingerprint density at radius 3 is 1.70 bits per heavy atom. The molecule has 0 unspecified atom stereocenters. The van der Waals surface area contributed by atoms with Crippen LogP contribution in [0.5, 0.6) is 0 Å². The maximum atomic E-state index is 4.61. The Morgan fingerprint density at radius 1 is 0.900 bits per heavy atom. The Balaban J connectivity index is 0.000000371. The molecule has 0 bridgehead atoms. The quantitative estimate of drug-likeness (QED) is 0.635. The van der Waals surface area contributed by atoms with Gasteiger partial charge in [-0.25, -0.2) is 0 Å². The van der Waals surface area contributed by atoms with Crippen LogP contribution in [0, 0.1) is 0 Å². The predicted molar refractivity (Wildman–Crippen MR) is 42.6 cm³/mol. The zero-order chi connectivity index (χ0) is 7.66. The van der Waals surface area contributed by atoms with Crippen LogP contribution in [0.4, 0.5) is 0 Å². The molecule has 0 aromatic heterocycles. The van der Waals surface area contributed by atoms with Crippen LogP contribution in [0.3, 0.4) is 0 Å². The molecule has 0 radical (unpaired) electrons. The van der Waals surface area contributed by atoms with E-state index in [1.54, 1.807) is 18.8 Å². The average molecular weight is 339 g/mol. The molecule has 0 N–H and O–H groups in total. The third kappa shape index (κ3) is 6.58. The van der Waals surface area contributed by atoms with Crippen molar-refractivity contribution in [2.45, 2.75) is 25.7 Å². The van der Waals surface area contributed by atoms with Gasteiger partial charge in [-0.05, 0) is 25.7 Å². The molecule has 1 rings (SSSR count). The molecule has 0 heterocycles. The van der Waals surface area contributed by atoms with Gasteiger partial charge in [-0.1, -0.05) is 24.3 Å². The molecule has 0 spiro atoms. The van der Waals surface area contributed by atoms with E-state index in [0.717, 1.165) is 0 Å². The molecule has 0 aromatic carbocycles. The van der Waals surface area contributed by atoms with E-state index in [1.165, 1.54) is 25.7 Å². The first-order valence-corrected chi connectivity index (χ1v) is 6.25. The average Bonchev–Trinajstić information content (AvgIpc) is 1.90. The Hall–Kier alpha value is 0.458. The molecule has 1 aliphatic rings. The van der Waals surface area contributed by atoms with Crippen molar-refractivity contribution in [1.82, 2.24) is 0 Å². The van der Waals surface area contributed by atoms with Crippen LogP contribution >= 0.6 is 9.42 Å². The molecular weight excluding hydrogens is 327 g/mol. The second kappa shape index (κ2) is 9.46. The summed E-state index contributed by atoms with van der Waals surface area (Å²) in [5.74, 6) is 0. The fourth-order valence-corrected chi connectivity index (χ4v) is 0.874. The number of hydrogen-bond acceptors (Lipinski definition) is 0. The monoisotopic (exact) mass is 338 g/mol. The van der Waals surface area contributed by atoms with Gasteiger partial charge in [-0.15, -0.1) is 0 Å². The molecule has 0 saturated carbocycles. The summed E-state index contributed by atoms with van der Waals surface area (Å²) in [5.41, 5.74) is 0. The molecule has 0 aliphatic heterocycles. The Bertz CT molecular complexity index is 93.8. The fourth-order valence-electron chi connectivity index (χ4n) is 0.874. The van der Waals surface area contributed by atoms with Crippen LogP contribution in [0.15, 0.2) is 24.3 Å². The second-order valence-electron chi connectivity index (χ2n) is 2.14. The van der Waals surface area contributed by atoms with Crippen molar-refractivity contribution in [2.24, 2.45) is 0 Å². The number of allylic oxidation sites excluding steroid dienone is 4. The van der Waals surface area contributed by atoms with Crippen molar-refractivity contribution in [3.05, 3.63) is 24.3 Å². The summed E-state index contributed by atoms with van der Waals surface area (Å²) < 4.78 is 0. The van der Waals surface area contributed by atoms with Crippen LogP contribution in [0.25, 0.3) is 0 Å². The van der Waals surface area contributed by atoms with Gasteiger partial charge in [0.1, 0.15) is 0 Å². The SMILES string of the molecule is C1=CCCCCC=C1.[Cl][Pt]. The molecule has 0 aromatic rings. The standard InChI is InChI=1S/C8H12.ClH.Pt/c1-2-4-6-8-7-5-3-1;;/h1-4H,5-8H2;1H;/q;;+1/p-1. The van der Waals surface area contributed by atoms with Gasteiger partial charge >= 0.3 is 28.2 Å². The first-order chi connectivity index (χ1) is 5.00. The van der Waals surface area contributed by atoms with Crippen molar-refractivity contribution in [3.8, 4) is 0 Å². The van der Waals surface area contributed by atoms with E-state index in [-0.39, 0.29) is 0 Å². The van der Waals surface area contributed by atoms with E-state index in [9.17, 15) is 0 Å². The van der Waals surface area contributed by atoms with Gasteiger partial charge in [0.25, 0.3) is 0 Å². The Kier molecular flexibility index (Phi) is 9.89. The first-order valence-electron chi connectivity index (χ1n) is 3.44. The summed E-state index contributed by atoms with van der Waals surface area (Å²) in [6.07, 6.45) is 14.0. The number of hydrogen-bond donors (Lipinski definition) is 0. The van der Waals surface area contributed by atoms with Crippen molar-refractivity contribution in [1.29, 1.82) is 0 Å². The van der Waals surface area contributed by atoms with Crippen LogP contribution < -0.4 is 0 Å². The summed E-state index contributed by atoms with van der Waals surface area (Å²) in [4.78, 5) is 0. The van der Waals surface area contributed by atoms with E-state index in [0.29, 0.717) is 0 Å². The maximum absolute atomic E-state index is 4.61. The zero-order valence-electron chi connectivity index (χ0n) is 5.83. The minimum absolute atomic E-state index is 1.27. The summed E-state index contributed by atoms with van der Waals surface area (Å²) in [7, 11) is 4.61. The van der Waals surface area contributed by atoms with E-state index >= 15 is 0 Å². The first kappa shape index (κ1) is 10.5. The molecule has 1 aliphatic carbocycles. The van der Waals surface area contributed by atoms with Crippen molar-refractivity contribution < 1.29 is 18.8 Å². The molecule has 0 saturated heterocycles. The van der Waals surface area contributed by atoms with Crippen LogP contribution in [-0.4, -0.2) is 0 Å². The molecule has 0 nitrogen and oxygen atoms in total. The molecule has 61 valence electrons. The zero-order valence-corrected chi connectivity index (χ0v) is 8.86. The third-order valence-corrected chi connectivity index (χ3v) is 1.37. The van der Waals surface area contributed by atoms with E-state index in [2.05, 4.69) is 33.7 Å². The van der Waals surface area contributed by atoms with Crippen LogP contribution in [0.1, 0.15) is 25.7 Å². The minimum atomic E-state index is 1.27. The van der Waals surface area contributed by atoms with Gasteiger partial charge in [-0.3, -0.25) is 0 Å². The van der Waals surface area contributed by atoms with Gasteiger partial charge < -0.3 is 0 Å². The van der Waals surface area contributed by atoms with Gasteiger partial charge in [0, 0.05) is 0 Å². The fraction of sp³-hybridized carbons (Fsp3) is 0.500. The normalized spacial score (nSPS) is 16.7. The molecular formula is C8H12ClPt. The van der Waals surface area contributed by atoms with Crippen molar-refractivity contribution in [2.75, 3.05) is 0 Å². The Labute approximate surface area is 78.2 Å². The summed E-state index contributed by atoms with van der Waals surface area (Å²) in [5, 5.41) is 0. The second-order valence-corrected chi connectivity index (χ2v) is 2.14. The summed E-state index contributed by atoms with van der Waals surface area (Å²) in [6.45, 7) is 0. The van der Waals surface area contributed by atoms with E-state index in [4.69, 9.17) is 0 Å². The van der Waals surface area contributed by atoms with Crippen molar-refractivity contribution in [3.63, 3.8) is 0 Å². The third-order valence-electron chi connectivity index (χ3n) is 1.37. The molecule has 10 heavy (non-hydrogen) atoms.